The van der Waals surface area contributed by atoms with Crippen LogP contribution in [-0.4, -0.2) is 22.0 Å². The van der Waals surface area contributed by atoms with E-state index in [4.69, 9.17) is 5.11 Å². The Labute approximate surface area is 80.3 Å². The number of hydrogen-bond acceptors (Lipinski definition) is 4. The van der Waals surface area contributed by atoms with Crippen molar-refractivity contribution in [3.05, 3.63) is 29.6 Å². The summed E-state index contributed by atoms with van der Waals surface area (Å²) in [7, 11) is 0. The van der Waals surface area contributed by atoms with Gasteiger partial charge in [0.2, 0.25) is 0 Å². The highest BCUT2D eigenvalue weighted by atomic mass is 16.5. The Morgan fingerprint density at radius 2 is 2.29 bits per heavy atom. The van der Waals surface area contributed by atoms with Gasteiger partial charge in [0.15, 0.2) is 0 Å². The van der Waals surface area contributed by atoms with Gasteiger partial charge < -0.3 is 9.84 Å². The van der Waals surface area contributed by atoms with Gasteiger partial charge >= 0.3 is 11.9 Å². The maximum absolute atomic E-state index is 10.7. The molecular weight excluding hydrogens is 186 g/mol. The normalized spacial score (nSPS) is 9.50. The molecule has 74 valence electrons. The lowest BCUT2D eigenvalue weighted by molar-refractivity contribution is -0.142. The molecule has 0 aliphatic rings. The molecule has 5 heteroatoms. The molecule has 0 saturated heterocycles. The second kappa shape index (κ2) is 4.36. The first-order valence-corrected chi connectivity index (χ1v) is 3.91. The molecule has 0 spiro atoms. The van der Waals surface area contributed by atoms with Crippen molar-refractivity contribution in [3.8, 4) is 0 Å². The number of esters is 1. The molecule has 0 aliphatic heterocycles. The van der Waals surface area contributed by atoms with E-state index in [9.17, 15) is 9.59 Å². The third-order valence-electron chi connectivity index (χ3n) is 1.57. The summed E-state index contributed by atoms with van der Waals surface area (Å²) in [6.45, 7) is 1.22. The molecule has 0 atom stereocenters. The number of pyridine rings is 1. The summed E-state index contributed by atoms with van der Waals surface area (Å²) in [6.07, 6.45) is 2.67. The first-order chi connectivity index (χ1) is 6.61. The predicted molar refractivity (Wildman–Crippen MR) is 46.7 cm³/mol. The Morgan fingerprint density at radius 3 is 2.86 bits per heavy atom. The number of nitrogens with zero attached hydrogens (tertiary/aromatic N) is 1. The lowest BCUT2D eigenvalue weighted by Gasteiger charge is -2.04. The molecule has 14 heavy (non-hydrogen) atoms. The lowest BCUT2D eigenvalue weighted by Crippen LogP contribution is -2.06. The van der Waals surface area contributed by atoms with Crippen LogP contribution < -0.4 is 0 Å². The molecule has 0 unspecified atom stereocenters. The fourth-order valence-corrected chi connectivity index (χ4v) is 0.921. The molecule has 5 nitrogen and oxygen atoms in total. The lowest BCUT2D eigenvalue weighted by atomic mass is 10.1. The summed E-state index contributed by atoms with van der Waals surface area (Å²) in [5.41, 5.74) is 0.483. The van der Waals surface area contributed by atoms with Gasteiger partial charge in [0.05, 0.1) is 5.56 Å². The monoisotopic (exact) mass is 195 g/mol. The Balaban J connectivity index is 2.84. The molecule has 1 heterocycles. The molecule has 0 radical (unpaired) electrons. The zero-order chi connectivity index (χ0) is 10.6. The van der Waals surface area contributed by atoms with E-state index in [1.807, 2.05) is 0 Å². The third kappa shape index (κ3) is 2.55. The van der Waals surface area contributed by atoms with Crippen molar-refractivity contribution in [2.45, 2.75) is 13.5 Å². The quantitative estimate of drug-likeness (QED) is 0.723. The van der Waals surface area contributed by atoms with Crippen LogP contribution in [0, 0.1) is 0 Å². The fraction of sp³-hybridized carbons (Fsp3) is 0.222. The minimum Gasteiger partial charge on any atom is -0.478 e. The summed E-state index contributed by atoms with van der Waals surface area (Å²) in [5.74, 6) is -1.53. The standard InChI is InChI=1S/C9H9NO4/c1-6(11)14-5-7-2-3-10-4-8(7)9(12)13/h2-4H,5H2,1H3,(H,12,13). The highest BCUT2D eigenvalue weighted by Crippen LogP contribution is 2.08. The second-order valence-corrected chi connectivity index (χ2v) is 2.62. The molecule has 0 saturated carbocycles. The molecule has 1 rings (SSSR count). The average molecular weight is 195 g/mol. The van der Waals surface area contributed by atoms with E-state index in [2.05, 4.69) is 9.72 Å². The smallest absolute Gasteiger partial charge is 0.337 e. The average Bonchev–Trinajstić information content (AvgIpc) is 2.15. The van der Waals surface area contributed by atoms with Crippen LogP contribution in [0.5, 0.6) is 0 Å². The van der Waals surface area contributed by atoms with E-state index >= 15 is 0 Å². The van der Waals surface area contributed by atoms with E-state index in [1.54, 1.807) is 0 Å². The zero-order valence-electron chi connectivity index (χ0n) is 7.56. The van der Waals surface area contributed by atoms with Crippen LogP contribution in [0.1, 0.15) is 22.8 Å². The summed E-state index contributed by atoms with van der Waals surface area (Å²) < 4.78 is 4.69. The van der Waals surface area contributed by atoms with Gasteiger partial charge in [-0.05, 0) is 6.07 Å². The number of aromatic nitrogens is 1. The SMILES string of the molecule is CC(=O)OCc1ccncc1C(=O)O. The van der Waals surface area contributed by atoms with Gasteiger partial charge in [0.25, 0.3) is 0 Å². The van der Waals surface area contributed by atoms with Crippen molar-refractivity contribution < 1.29 is 19.4 Å². The first kappa shape index (κ1) is 10.2. The summed E-state index contributed by atoms with van der Waals surface area (Å²) in [6, 6.07) is 1.51. The minimum absolute atomic E-state index is 0.0422. The number of carboxylic acid groups (broad SMARTS) is 1. The van der Waals surface area contributed by atoms with Crippen molar-refractivity contribution >= 4 is 11.9 Å². The highest BCUT2D eigenvalue weighted by molar-refractivity contribution is 5.88. The van der Waals surface area contributed by atoms with Gasteiger partial charge in [-0.25, -0.2) is 4.79 Å². The van der Waals surface area contributed by atoms with Gasteiger partial charge in [0.1, 0.15) is 6.61 Å². The van der Waals surface area contributed by atoms with E-state index in [0.29, 0.717) is 5.56 Å². The second-order valence-electron chi connectivity index (χ2n) is 2.62. The highest BCUT2D eigenvalue weighted by Gasteiger charge is 2.10. The van der Waals surface area contributed by atoms with E-state index in [-0.39, 0.29) is 12.2 Å². The van der Waals surface area contributed by atoms with Crippen LogP contribution >= 0.6 is 0 Å². The summed E-state index contributed by atoms with van der Waals surface area (Å²) >= 11 is 0. The number of carboxylic acids is 1. The molecule has 0 amide bonds. The van der Waals surface area contributed by atoms with Crippen molar-refractivity contribution in [2.24, 2.45) is 0 Å². The van der Waals surface area contributed by atoms with Crippen molar-refractivity contribution in [2.75, 3.05) is 0 Å². The van der Waals surface area contributed by atoms with Crippen molar-refractivity contribution in [1.29, 1.82) is 0 Å². The minimum atomic E-state index is -1.08. The maximum Gasteiger partial charge on any atom is 0.337 e. The van der Waals surface area contributed by atoms with E-state index in [0.717, 1.165) is 0 Å². The first-order valence-electron chi connectivity index (χ1n) is 3.91. The summed E-state index contributed by atoms with van der Waals surface area (Å²) in [4.78, 5) is 24.9. The number of hydrogen-bond donors (Lipinski definition) is 1. The molecule has 1 aromatic heterocycles. The number of carbonyl (C=O) groups is 2. The van der Waals surface area contributed by atoms with Gasteiger partial charge in [-0.15, -0.1) is 0 Å². The van der Waals surface area contributed by atoms with Gasteiger partial charge in [-0.3, -0.25) is 9.78 Å². The Hall–Kier alpha value is -1.91. The topological polar surface area (TPSA) is 76.5 Å². The van der Waals surface area contributed by atoms with Crippen LogP contribution in [0.25, 0.3) is 0 Å². The largest absolute Gasteiger partial charge is 0.478 e. The van der Waals surface area contributed by atoms with Crippen molar-refractivity contribution in [1.82, 2.24) is 4.98 Å². The van der Waals surface area contributed by atoms with Crippen LogP contribution in [0.4, 0.5) is 0 Å². The Kier molecular flexibility index (Phi) is 3.17. The number of ether oxygens (including phenoxy) is 1. The zero-order valence-corrected chi connectivity index (χ0v) is 7.56. The van der Waals surface area contributed by atoms with Crippen LogP contribution in [-0.2, 0) is 16.1 Å². The molecule has 0 fully saturated rings. The number of carbonyl (C=O) groups excluding carboxylic acids is 1. The Bertz CT molecular complexity index is 362. The molecule has 0 aromatic carbocycles. The molecule has 1 N–H and O–H groups in total. The maximum atomic E-state index is 10.7. The fourth-order valence-electron chi connectivity index (χ4n) is 0.921. The molecule has 0 aliphatic carbocycles. The number of rotatable bonds is 3. The van der Waals surface area contributed by atoms with Crippen molar-refractivity contribution in [3.63, 3.8) is 0 Å². The number of aromatic carboxylic acids is 1. The summed E-state index contributed by atoms with van der Waals surface area (Å²) in [5, 5.41) is 8.75. The third-order valence-corrected chi connectivity index (χ3v) is 1.57. The van der Waals surface area contributed by atoms with Crippen LogP contribution in [0.15, 0.2) is 18.5 Å². The van der Waals surface area contributed by atoms with Gasteiger partial charge in [-0.2, -0.15) is 0 Å². The van der Waals surface area contributed by atoms with Gasteiger partial charge in [0, 0.05) is 24.9 Å². The molecule has 1 aromatic rings. The van der Waals surface area contributed by atoms with Crippen LogP contribution in [0.2, 0.25) is 0 Å². The Morgan fingerprint density at radius 1 is 1.57 bits per heavy atom. The van der Waals surface area contributed by atoms with E-state index in [1.165, 1.54) is 25.4 Å². The van der Waals surface area contributed by atoms with Crippen LogP contribution in [0.3, 0.4) is 0 Å². The molecule has 0 bridgehead atoms. The van der Waals surface area contributed by atoms with Gasteiger partial charge in [-0.1, -0.05) is 0 Å². The van der Waals surface area contributed by atoms with E-state index < -0.39 is 11.9 Å². The molecular formula is C9H9NO4. The predicted octanol–water partition coefficient (Wildman–Crippen LogP) is 0.843.